The third kappa shape index (κ3) is 6.00. The standard InChI is InChI=1S/C23H28ClN3O4S/c1-13(2)19-7-15(12-25)8-20(14(3)4)21(19)26-22(28)27-32(30,31)18-10-16(23(5,6)29)9-17(24)11-18/h7-11,13-14,29H,1-6H3,(H2,26,27,28). The summed E-state index contributed by atoms with van der Waals surface area (Å²) in [5.74, 6) is -0.0371. The molecule has 0 aliphatic carbocycles. The molecule has 0 aromatic heterocycles. The van der Waals surface area contributed by atoms with Gasteiger partial charge in [-0.2, -0.15) is 5.26 Å². The molecule has 0 fully saturated rings. The Bertz CT molecular complexity index is 1150. The number of aliphatic hydroxyl groups is 1. The van der Waals surface area contributed by atoms with Gasteiger partial charge in [0.2, 0.25) is 0 Å². The number of amides is 2. The Morgan fingerprint density at radius 2 is 1.59 bits per heavy atom. The van der Waals surface area contributed by atoms with Crippen molar-refractivity contribution in [2.45, 2.75) is 63.9 Å². The van der Waals surface area contributed by atoms with Gasteiger partial charge in [0, 0.05) is 10.7 Å². The molecule has 32 heavy (non-hydrogen) atoms. The van der Waals surface area contributed by atoms with E-state index in [9.17, 15) is 23.6 Å². The zero-order valence-electron chi connectivity index (χ0n) is 18.9. The summed E-state index contributed by atoms with van der Waals surface area (Å²) in [6, 6.07) is 8.48. The van der Waals surface area contributed by atoms with Crippen LogP contribution in [0.15, 0.2) is 35.2 Å². The first-order chi connectivity index (χ1) is 14.7. The lowest BCUT2D eigenvalue weighted by Crippen LogP contribution is -2.35. The molecule has 2 aromatic carbocycles. The van der Waals surface area contributed by atoms with Crippen LogP contribution in [0, 0.1) is 11.3 Å². The maximum Gasteiger partial charge on any atom is 0.333 e. The molecule has 0 atom stereocenters. The fraction of sp³-hybridized carbons (Fsp3) is 0.391. The Kier molecular flexibility index (Phi) is 7.61. The van der Waals surface area contributed by atoms with Gasteiger partial charge in [0.05, 0.1) is 22.1 Å². The van der Waals surface area contributed by atoms with Crippen LogP contribution in [0.2, 0.25) is 5.02 Å². The van der Waals surface area contributed by atoms with Crippen molar-refractivity contribution in [1.82, 2.24) is 4.72 Å². The molecule has 0 radical (unpaired) electrons. The van der Waals surface area contributed by atoms with Crippen LogP contribution in [0.3, 0.4) is 0 Å². The van der Waals surface area contributed by atoms with Gasteiger partial charge in [-0.3, -0.25) is 0 Å². The minimum absolute atomic E-state index is 0.0185. The van der Waals surface area contributed by atoms with Crippen molar-refractivity contribution < 1.29 is 18.3 Å². The second-order valence-electron chi connectivity index (χ2n) is 8.75. The largest absolute Gasteiger partial charge is 0.386 e. The maximum absolute atomic E-state index is 12.8. The van der Waals surface area contributed by atoms with Gasteiger partial charge in [-0.15, -0.1) is 0 Å². The number of rotatable bonds is 6. The number of hydrogen-bond donors (Lipinski definition) is 3. The van der Waals surface area contributed by atoms with Crippen molar-refractivity contribution in [3.63, 3.8) is 0 Å². The van der Waals surface area contributed by atoms with E-state index in [0.29, 0.717) is 16.8 Å². The van der Waals surface area contributed by atoms with E-state index in [0.717, 1.165) is 11.1 Å². The number of halogens is 1. The SMILES string of the molecule is CC(C)c1cc(C#N)cc(C(C)C)c1NC(=O)NS(=O)(=O)c1cc(Cl)cc(C(C)(C)O)c1. The Morgan fingerprint density at radius 1 is 1.06 bits per heavy atom. The van der Waals surface area contributed by atoms with Gasteiger partial charge >= 0.3 is 6.03 Å². The molecular formula is C23H28ClN3O4S. The van der Waals surface area contributed by atoms with E-state index in [2.05, 4.69) is 11.4 Å². The van der Waals surface area contributed by atoms with Gasteiger partial charge in [0.25, 0.3) is 10.0 Å². The minimum Gasteiger partial charge on any atom is -0.386 e. The molecule has 0 saturated heterocycles. The summed E-state index contributed by atoms with van der Waals surface area (Å²) in [7, 11) is -4.27. The fourth-order valence-corrected chi connectivity index (χ4v) is 4.48. The van der Waals surface area contributed by atoms with Crippen molar-refractivity contribution >= 4 is 33.3 Å². The van der Waals surface area contributed by atoms with Crippen molar-refractivity contribution in [1.29, 1.82) is 5.26 Å². The molecule has 2 rings (SSSR count). The number of carbonyl (C=O) groups excluding carboxylic acids is 1. The lowest BCUT2D eigenvalue weighted by atomic mass is 9.90. The van der Waals surface area contributed by atoms with Crippen molar-refractivity contribution in [2.75, 3.05) is 5.32 Å². The van der Waals surface area contributed by atoms with Crippen molar-refractivity contribution in [3.8, 4) is 6.07 Å². The predicted octanol–water partition coefficient (Wildman–Crippen LogP) is 5.20. The molecule has 0 saturated carbocycles. The molecule has 2 aromatic rings. The molecule has 0 aliphatic heterocycles. The van der Waals surface area contributed by atoms with E-state index in [1.807, 2.05) is 32.4 Å². The summed E-state index contributed by atoms with van der Waals surface area (Å²) in [4.78, 5) is 12.5. The highest BCUT2D eigenvalue weighted by molar-refractivity contribution is 7.90. The number of hydrogen-bond acceptors (Lipinski definition) is 5. The molecule has 3 N–H and O–H groups in total. The molecular weight excluding hydrogens is 450 g/mol. The van der Waals surface area contributed by atoms with Crippen LogP contribution in [-0.2, 0) is 15.6 Å². The van der Waals surface area contributed by atoms with Crippen LogP contribution in [-0.4, -0.2) is 19.6 Å². The summed E-state index contributed by atoms with van der Waals surface area (Å²) in [5, 5.41) is 22.3. The highest BCUT2D eigenvalue weighted by Gasteiger charge is 2.25. The van der Waals surface area contributed by atoms with Crippen LogP contribution in [0.4, 0.5) is 10.5 Å². The topological polar surface area (TPSA) is 119 Å². The Morgan fingerprint density at radius 3 is 2.03 bits per heavy atom. The van der Waals surface area contributed by atoms with E-state index >= 15 is 0 Å². The molecule has 0 heterocycles. The maximum atomic E-state index is 12.8. The van der Waals surface area contributed by atoms with Crippen LogP contribution >= 0.6 is 11.6 Å². The second kappa shape index (κ2) is 9.49. The number of sulfonamides is 1. The summed E-state index contributed by atoms with van der Waals surface area (Å²) in [6.07, 6.45) is 0. The number of anilines is 1. The normalized spacial score (nSPS) is 12.0. The first-order valence-electron chi connectivity index (χ1n) is 10.1. The van der Waals surface area contributed by atoms with Gasteiger partial charge in [0.15, 0.2) is 0 Å². The van der Waals surface area contributed by atoms with Crippen molar-refractivity contribution in [2.24, 2.45) is 0 Å². The highest BCUT2D eigenvalue weighted by atomic mass is 35.5. The van der Waals surface area contributed by atoms with E-state index in [1.54, 1.807) is 12.1 Å². The number of urea groups is 1. The Hall–Kier alpha value is -2.60. The minimum atomic E-state index is -4.27. The van der Waals surface area contributed by atoms with Gasteiger partial charge in [0.1, 0.15) is 0 Å². The number of carbonyl (C=O) groups is 1. The van der Waals surface area contributed by atoms with Gasteiger partial charge in [-0.05, 0) is 72.7 Å². The second-order valence-corrected chi connectivity index (χ2v) is 10.9. The zero-order valence-corrected chi connectivity index (χ0v) is 20.5. The lowest BCUT2D eigenvalue weighted by Gasteiger charge is -2.21. The summed E-state index contributed by atoms with van der Waals surface area (Å²) < 4.78 is 27.7. The quantitative estimate of drug-likeness (QED) is 0.528. The van der Waals surface area contributed by atoms with Crippen LogP contribution in [0.1, 0.15) is 75.6 Å². The fourth-order valence-electron chi connectivity index (χ4n) is 3.20. The molecule has 2 amide bonds. The smallest absolute Gasteiger partial charge is 0.333 e. The van der Waals surface area contributed by atoms with E-state index in [4.69, 9.17) is 11.6 Å². The molecule has 0 bridgehead atoms. The summed E-state index contributed by atoms with van der Waals surface area (Å²) >= 11 is 6.04. The molecule has 0 unspecified atom stereocenters. The number of nitrogens with one attached hydrogen (secondary N) is 2. The molecule has 0 aliphatic rings. The number of nitriles is 1. The van der Waals surface area contributed by atoms with E-state index in [-0.39, 0.29) is 21.8 Å². The number of benzene rings is 2. The van der Waals surface area contributed by atoms with Gasteiger partial charge in [-0.1, -0.05) is 39.3 Å². The predicted molar refractivity (Wildman–Crippen MR) is 125 cm³/mol. The van der Waals surface area contributed by atoms with Crippen LogP contribution in [0.25, 0.3) is 0 Å². The van der Waals surface area contributed by atoms with E-state index in [1.165, 1.54) is 32.0 Å². The van der Waals surface area contributed by atoms with Crippen molar-refractivity contribution in [3.05, 3.63) is 57.6 Å². The van der Waals surface area contributed by atoms with E-state index < -0.39 is 21.7 Å². The highest BCUT2D eigenvalue weighted by Crippen LogP contribution is 2.34. The monoisotopic (exact) mass is 477 g/mol. The summed E-state index contributed by atoms with van der Waals surface area (Å²) in [6.45, 7) is 10.7. The average molecular weight is 478 g/mol. The first kappa shape index (κ1) is 25.7. The molecule has 9 heteroatoms. The Balaban J connectivity index is 2.43. The third-order valence-corrected chi connectivity index (χ3v) is 6.45. The summed E-state index contributed by atoms with van der Waals surface area (Å²) in [5.41, 5.74) is 1.37. The molecule has 172 valence electrons. The third-order valence-electron chi connectivity index (χ3n) is 4.93. The Labute approximate surface area is 194 Å². The van der Waals surface area contributed by atoms with Crippen LogP contribution < -0.4 is 10.0 Å². The van der Waals surface area contributed by atoms with Gasteiger partial charge < -0.3 is 10.4 Å². The lowest BCUT2D eigenvalue weighted by molar-refractivity contribution is 0.0784. The average Bonchev–Trinajstić information content (AvgIpc) is 2.65. The zero-order chi connectivity index (χ0) is 24.4. The molecule has 0 spiro atoms. The number of nitrogens with zero attached hydrogens (tertiary/aromatic N) is 1. The van der Waals surface area contributed by atoms with Crippen LogP contribution in [0.5, 0.6) is 0 Å². The first-order valence-corrected chi connectivity index (χ1v) is 12.0. The molecule has 7 nitrogen and oxygen atoms in total. The van der Waals surface area contributed by atoms with Gasteiger partial charge in [-0.25, -0.2) is 17.9 Å².